The molecule has 0 aliphatic rings. The fraction of sp³-hybridized carbons (Fsp3) is 0.763. The molecular formula is C38H68N2O5. The Hall–Kier alpha value is -2.41. The molecule has 0 aliphatic heterocycles. The van der Waals surface area contributed by atoms with Crippen LogP contribution in [-0.4, -0.2) is 41.6 Å². The predicted octanol–water partition coefficient (Wildman–Crippen LogP) is 9.50. The second-order valence-corrected chi connectivity index (χ2v) is 12.3. The van der Waals surface area contributed by atoms with E-state index in [1.807, 2.05) is 6.08 Å². The number of ether oxygens (including phenoxy) is 1. The number of allylic oxidation sites excluding steroid dienone is 5. The predicted molar refractivity (Wildman–Crippen MR) is 188 cm³/mol. The number of amides is 1. The summed E-state index contributed by atoms with van der Waals surface area (Å²) >= 11 is 0. The molecule has 0 saturated heterocycles. The van der Waals surface area contributed by atoms with Gasteiger partial charge in [0.1, 0.15) is 12.1 Å². The summed E-state index contributed by atoms with van der Waals surface area (Å²) < 4.78 is 5.85. The first kappa shape index (κ1) is 42.6. The van der Waals surface area contributed by atoms with Crippen LogP contribution in [0, 0.1) is 0 Å². The Morgan fingerprint density at radius 3 is 1.91 bits per heavy atom. The normalized spacial score (nSPS) is 13.1. The Balaban J connectivity index is 4.27. The third-order valence-electron chi connectivity index (χ3n) is 7.89. The average molecular weight is 633 g/mol. The Morgan fingerprint density at radius 1 is 0.667 bits per heavy atom. The second-order valence-electron chi connectivity index (χ2n) is 12.3. The number of nitrogens with one attached hydrogen (secondary N) is 1. The molecule has 7 heteroatoms. The van der Waals surface area contributed by atoms with E-state index >= 15 is 0 Å². The van der Waals surface area contributed by atoms with Crippen LogP contribution in [0.15, 0.2) is 36.5 Å². The Labute approximate surface area is 275 Å². The van der Waals surface area contributed by atoms with Crippen LogP contribution < -0.4 is 11.1 Å². The minimum Gasteiger partial charge on any atom is -0.480 e. The van der Waals surface area contributed by atoms with E-state index in [9.17, 15) is 19.5 Å². The van der Waals surface area contributed by atoms with Crippen LogP contribution in [0.2, 0.25) is 0 Å². The van der Waals surface area contributed by atoms with Gasteiger partial charge in [0.05, 0.1) is 0 Å². The zero-order valence-electron chi connectivity index (χ0n) is 29.0. The largest absolute Gasteiger partial charge is 0.480 e. The fourth-order valence-electron chi connectivity index (χ4n) is 5.11. The molecule has 0 aromatic rings. The van der Waals surface area contributed by atoms with Crippen molar-refractivity contribution in [1.82, 2.24) is 5.32 Å². The molecule has 260 valence electrons. The number of carbonyl (C=O) groups is 3. The Morgan fingerprint density at radius 2 is 1.27 bits per heavy atom. The van der Waals surface area contributed by atoms with Crippen LogP contribution in [0.25, 0.3) is 0 Å². The molecule has 2 unspecified atom stereocenters. The van der Waals surface area contributed by atoms with Crippen LogP contribution in [-0.2, 0) is 19.1 Å². The molecule has 0 spiro atoms. The third kappa shape index (κ3) is 30.0. The standard InChI is InChI=1S/C38H68N2O5/c1-3-5-7-9-11-12-13-14-15-16-17-18-20-26-32-37(42)45-34(28-23-19-10-8-6-4-2)29-24-21-22-25-31-36(41)40-35(38(43)44)30-27-33-39/h8,10,13-14,23,28,34-35H,3-7,9,11-12,15-22,24-27,29-33,39H2,1-2H3,(H,40,41)(H,43,44)/b10-8-,14-13-,28-23-. The van der Waals surface area contributed by atoms with Gasteiger partial charge in [0, 0.05) is 12.8 Å². The lowest BCUT2D eigenvalue weighted by atomic mass is 10.1. The van der Waals surface area contributed by atoms with Crippen molar-refractivity contribution in [3.05, 3.63) is 36.5 Å². The Kier molecular flexibility index (Phi) is 31.2. The van der Waals surface area contributed by atoms with Crippen molar-refractivity contribution in [2.24, 2.45) is 5.73 Å². The number of hydrogen-bond donors (Lipinski definition) is 3. The molecule has 45 heavy (non-hydrogen) atoms. The van der Waals surface area contributed by atoms with Gasteiger partial charge in [0.15, 0.2) is 0 Å². The number of rotatable bonds is 32. The maximum atomic E-state index is 12.6. The van der Waals surface area contributed by atoms with Crippen LogP contribution in [0.3, 0.4) is 0 Å². The highest BCUT2D eigenvalue weighted by Crippen LogP contribution is 2.15. The minimum absolute atomic E-state index is 0.118. The van der Waals surface area contributed by atoms with Gasteiger partial charge in [-0.15, -0.1) is 0 Å². The number of carboxylic acid groups (broad SMARTS) is 1. The number of carbonyl (C=O) groups excluding carboxylic acids is 2. The first-order valence-corrected chi connectivity index (χ1v) is 18.3. The van der Waals surface area contributed by atoms with Gasteiger partial charge in [-0.25, -0.2) is 4.79 Å². The minimum atomic E-state index is -1.02. The lowest BCUT2D eigenvalue weighted by Crippen LogP contribution is -2.40. The zero-order chi connectivity index (χ0) is 33.2. The molecule has 0 fully saturated rings. The highest BCUT2D eigenvalue weighted by Gasteiger charge is 2.18. The molecule has 0 aromatic heterocycles. The van der Waals surface area contributed by atoms with E-state index < -0.39 is 12.0 Å². The van der Waals surface area contributed by atoms with Gasteiger partial charge < -0.3 is 20.9 Å². The number of unbranched alkanes of at least 4 members (excludes halogenated alkanes) is 14. The smallest absolute Gasteiger partial charge is 0.326 e. The SMILES string of the molecule is CCC/C=C\C/C=C\C(CCCCCCC(=O)NC(CCCN)C(=O)O)OC(=O)CCCCCCC/C=C\CCCCCCC. The Bertz CT molecular complexity index is 808. The lowest BCUT2D eigenvalue weighted by Gasteiger charge is -2.15. The van der Waals surface area contributed by atoms with Crippen LogP contribution in [0.1, 0.15) is 168 Å². The van der Waals surface area contributed by atoms with E-state index in [0.29, 0.717) is 38.6 Å². The van der Waals surface area contributed by atoms with E-state index in [2.05, 4.69) is 49.5 Å². The number of carboxylic acids is 1. The van der Waals surface area contributed by atoms with Crippen molar-refractivity contribution < 1.29 is 24.2 Å². The van der Waals surface area contributed by atoms with Gasteiger partial charge in [0.25, 0.3) is 0 Å². The number of esters is 1. The number of hydrogen-bond acceptors (Lipinski definition) is 5. The molecule has 0 bridgehead atoms. The van der Waals surface area contributed by atoms with Gasteiger partial charge in [0.2, 0.25) is 5.91 Å². The number of aliphatic carboxylic acids is 1. The van der Waals surface area contributed by atoms with Crippen LogP contribution in [0.5, 0.6) is 0 Å². The first-order chi connectivity index (χ1) is 21.9. The molecule has 0 aromatic carbocycles. The maximum Gasteiger partial charge on any atom is 0.326 e. The van der Waals surface area contributed by atoms with Crippen molar-refractivity contribution in [3.8, 4) is 0 Å². The average Bonchev–Trinajstić information content (AvgIpc) is 3.02. The van der Waals surface area contributed by atoms with Gasteiger partial charge >= 0.3 is 11.9 Å². The summed E-state index contributed by atoms with van der Waals surface area (Å²) in [5.74, 6) is -1.37. The van der Waals surface area contributed by atoms with E-state index in [0.717, 1.165) is 70.6 Å². The highest BCUT2D eigenvalue weighted by molar-refractivity contribution is 5.83. The molecule has 4 N–H and O–H groups in total. The summed E-state index contributed by atoms with van der Waals surface area (Å²) in [5.41, 5.74) is 5.46. The summed E-state index contributed by atoms with van der Waals surface area (Å²) in [6.45, 7) is 4.82. The second kappa shape index (κ2) is 33.0. The van der Waals surface area contributed by atoms with Crippen molar-refractivity contribution >= 4 is 17.8 Å². The van der Waals surface area contributed by atoms with E-state index in [4.69, 9.17) is 10.5 Å². The quantitative estimate of drug-likeness (QED) is 0.0386. The maximum absolute atomic E-state index is 12.6. The first-order valence-electron chi connectivity index (χ1n) is 18.3. The lowest BCUT2D eigenvalue weighted by molar-refractivity contribution is -0.147. The third-order valence-corrected chi connectivity index (χ3v) is 7.89. The van der Waals surface area contributed by atoms with Gasteiger partial charge in [-0.1, -0.05) is 108 Å². The summed E-state index contributed by atoms with van der Waals surface area (Å²) in [6, 6.07) is -0.873. The molecule has 7 nitrogen and oxygen atoms in total. The monoisotopic (exact) mass is 633 g/mol. The molecule has 1 amide bonds. The topological polar surface area (TPSA) is 119 Å². The zero-order valence-corrected chi connectivity index (χ0v) is 29.0. The van der Waals surface area contributed by atoms with Crippen LogP contribution >= 0.6 is 0 Å². The molecular weight excluding hydrogens is 564 g/mol. The fourth-order valence-corrected chi connectivity index (χ4v) is 5.11. The van der Waals surface area contributed by atoms with Crippen molar-refractivity contribution in [2.75, 3.05) is 6.54 Å². The van der Waals surface area contributed by atoms with E-state index in [1.54, 1.807) is 0 Å². The molecule has 0 rings (SSSR count). The summed E-state index contributed by atoms with van der Waals surface area (Å²) in [6.07, 6.45) is 36.4. The molecule has 0 radical (unpaired) electrons. The molecule has 0 aliphatic carbocycles. The van der Waals surface area contributed by atoms with Crippen molar-refractivity contribution in [1.29, 1.82) is 0 Å². The summed E-state index contributed by atoms with van der Waals surface area (Å²) in [5, 5.41) is 11.9. The van der Waals surface area contributed by atoms with Gasteiger partial charge in [-0.05, 0) is 89.7 Å². The van der Waals surface area contributed by atoms with Crippen molar-refractivity contribution in [3.63, 3.8) is 0 Å². The van der Waals surface area contributed by atoms with E-state index in [-0.39, 0.29) is 18.0 Å². The van der Waals surface area contributed by atoms with E-state index in [1.165, 1.54) is 51.4 Å². The van der Waals surface area contributed by atoms with Crippen molar-refractivity contribution in [2.45, 2.75) is 180 Å². The van der Waals surface area contributed by atoms with Crippen LogP contribution in [0.4, 0.5) is 0 Å². The van der Waals surface area contributed by atoms with Gasteiger partial charge in [-0.2, -0.15) is 0 Å². The molecule has 0 saturated carbocycles. The van der Waals surface area contributed by atoms with Gasteiger partial charge in [-0.3, -0.25) is 9.59 Å². The summed E-state index contributed by atoms with van der Waals surface area (Å²) in [7, 11) is 0. The number of nitrogens with two attached hydrogens (primary N) is 1. The molecule has 2 atom stereocenters. The summed E-state index contributed by atoms with van der Waals surface area (Å²) in [4.78, 5) is 36.1. The highest BCUT2D eigenvalue weighted by atomic mass is 16.5. The molecule has 0 heterocycles.